The number of carbonyl (C=O) groups is 1. The van der Waals surface area contributed by atoms with E-state index >= 15 is 0 Å². The van der Waals surface area contributed by atoms with Gasteiger partial charge in [-0.1, -0.05) is 41.4 Å². The van der Waals surface area contributed by atoms with Gasteiger partial charge in [-0.15, -0.1) is 10.2 Å². The van der Waals surface area contributed by atoms with Gasteiger partial charge in [0.2, 0.25) is 5.89 Å². The Labute approximate surface area is 205 Å². The molecule has 178 valence electrons. The van der Waals surface area contributed by atoms with Crippen LogP contribution in [0.15, 0.2) is 59.0 Å². The van der Waals surface area contributed by atoms with E-state index in [0.717, 1.165) is 5.56 Å². The van der Waals surface area contributed by atoms with E-state index in [9.17, 15) is 14.9 Å². The highest BCUT2D eigenvalue weighted by molar-refractivity contribution is 6.31. The second-order valence-electron chi connectivity index (χ2n) is 7.68. The minimum atomic E-state index is -0.623. The molecule has 0 amide bonds. The van der Waals surface area contributed by atoms with Crippen molar-refractivity contribution in [1.29, 1.82) is 0 Å². The van der Waals surface area contributed by atoms with Gasteiger partial charge in [-0.25, -0.2) is 9.48 Å². The number of rotatable bonds is 8. The lowest BCUT2D eigenvalue weighted by molar-refractivity contribution is -0.384. The van der Waals surface area contributed by atoms with Gasteiger partial charge in [-0.05, 0) is 37.6 Å². The lowest BCUT2D eigenvalue weighted by Crippen LogP contribution is -2.02. The highest BCUT2D eigenvalue weighted by Crippen LogP contribution is 2.23. The Bertz CT molecular complexity index is 1390. The summed E-state index contributed by atoms with van der Waals surface area (Å²) in [5.74, 6) is -0.382. The normalized spacial score (nSPS) is 11.2. The molecule has 4 rings (SSSR count). The van der Waals surface area contributed by atoms with Crippen molar-refractivity contribution in [3.63, 3.8) is 0 Å². The van der Waals surface area contributed by atoms with E-state index in [-0.39, 0.29) is 24.1 Å². The second-order valence-corrected chi connectivity index (χ2v) is 8.04. The molecule has 0 aliphatic carbocycles. The summed E-state index contributed by atoms with van der Waals surface area (Å²) >= 11 is 6.48. The molecule has 0 saturated heterocycles. The molecule has 4 aromatic rings. The smallest absolute Gasteiger partial charge is 0.331 e. The van der Waals surface area contributed by atoms with Gasteiger partial charge in [0.1, 0.15) is 5.15 Å². The molecule has 0 spiro atoms. The van der Waals surface area contributed by atoms with Crippen molar-refractivity contribution in [2.45, 2.75) is 27.0 Å². The number of aromatic nitrogens is 4. The molecule has 0 fully saturated rings. The van der Waals surface area contributed by atoms with Gasteiger partial charge >= 0.3 is 5.97 Å². The summed E-state index contributed by atoms with van der Waals surface area (Å²) in [7, 11) is 0. The summed E-state index contributed by atoms with van der Waals surface area (Å²) < 4.78 is 12.3. The number of hydrogen-bond acceptors (Lipinski definition) is 8. The predicted octanol–water partition coefficient (Wildman–Crippen LogP) is 4.92. The third-order valence-corrected chi connectivity index (χ3v) is 5.48. The molecule has 35 heavy (non-hydrogen) atoms. The fourth-order valence-electron chi connectivity index (χ4n) is 3.21. The molecular weight excluding hydrogens is 474 g/mol. The van der Waals surface area contributed by atoms with Crippen LogP contribution in [0.4, 0.5) is 5.69 Å². The first-order valence-electron chi connectivity index (χ1n) is 10.5. The summed E-state index contributed by atoms with van der Waals surface area (Å²) in [6, 6.07) is 13.7. The van der Waals surface area contributed by atoms with Crippen LogP contribution in [0.3, 0.4) is 0 Å². The molecular formula is C24H20ClN5O5. The summed E-state index contributed by atoms with van der Waals surface area (Å²) in [6.45, 7) is 4.10. The number of hydrogen-bond donors (Lipinski definition) is 0. The minimum absolute atomic E-state index is 0.0507. The van der Waals surface area contributed by atoms with Crippen molar-refractivity contribution >= 4 is 29.3 Å². The average Bonchev–Trinajstić information content (AvgIpc) is 3.42. The van der Waals surface area contributed by atoms with E-state index in [1.165, 1.54) is 35.9 Å². The Morgan fingerprint density at radius 1 is 1.14 bits per heavy atom. The third kappa shape index (κ3) is 5.79. The molecule has 0 N–H and O–H groups in total. The number of ether oxygens (including phenoxy) is 1. The van der Waals surface area contributed by atoms with Crippen molar-refractivity contribution in [2.75, 3.05) is 0 Å². The van der Waals surface area contributed by atoms with Crippen LogP contribution < -0.4 is 0 Å². The zero-order valence-electron chi connectivity index (χ0n) is 18.8. The van der Waals surface area contributed by atoms with Gasteiger partial charge in [-0.2, -0.15) is 5.10 Å². The molecule has 2 aromatic heterocycles. The van der Waals surface area contributed by atoms with E-state index in [1.54, 1.807) is 17.7 Å². The number of carbonyl (C=O) groups excluding carboxylic acids is 1. The van der Waals surface area contributed by atoms with Gasteiger partial charge in [0.05, 0.1) is 17.2 Å². The van der Waals surface area contributed by atoms with E-state index in [0.29, 0.717) is 28.5 Å². The fourth-order valence-corrected chi connectivity index (χ4v) is 3.51. The Morgan fingerprint density at radius 3 is 2.54 bits per heavy atom. The van der Waals surface area contributed by atoms with E-state index in [4.69, 9.17) is 20.8 Å². The highest BCUT2D eigenvalue weighted by Gasteiger charge is 2.14. The SMILES string of the molecule is Cc1ccc(Cn2nc(C)c(/C=C/C(=O)OCc3nnc(-c4ccc([N+](=O)[O-])cc4)o3)c2Cl)cc1. The van der Waals surface area contributed by atoms with Gasteiger partial charge in [0.15, 0.2) is 6.61 Å². The standard InChI is InChI=1S/C24H20ClN5O5/c1-15-3-5-17(6-4-15)13-29-23(25)20(16(2)28-29)11-12-22(31)34-14-21-26-27-24(35-21)18-7-9-19(10-8-18)30(32)33/h3-12H,13-14H2,1-2H3/b12-11+. The molecule has 0 aliphatic heterocycles. The van der Waals surface area contributed by atoms with Crippen LogP contribution >= 0.6 is 11.6 Å². The largest absolute Gasteiger partial charge is 0.452 e. The molecule has 2 aromatic carbocycles. The number of nitrogens with zero attached hydrogens (tertiary/aromatic N) is 5. The number of benzene rings is 2. The first-order chi connectivity index (χ1) is 16.8. The van der Waals surface area contributed by atoms with Crippen LogP contribution in [0, 0.1) is 24.0 Å². The van der Waals surface area contributed by atoms with Crippen LogP contribution in [0.1, 0.15) is 28.3 Å². The Kier molecular flexibility index (Phi) is 7.02. The van der Waals surface area contributed by atoms with E-state index < -0.39 is 10.9 Å². The number of aryl methyl sites for hydroxylation is 2. The number of halogens is 1. The lowest BCUT2D eigenvalue weighted by Gasteiger charge is -2.04. The molecule has 0 radical (unpaired) electrons. The summed E-state index contributed by atoms with van der Waals surface area (Å²) in [5, 5.41) is 23.3. The lowest BCUT2D eigenvalue weighted by atomic mass is 10.1. The van der Waals surface area contributed by atoms with Gasteiger partial charge in [-0.3, -0.25) is 10.1 Å². The number of nitro groups is 1. The zero-order valence-corrected chi connectivity index (χ0v) is 19.6. The Hall–Kier alpha value is -4.31. The topological polar surface area (TPSA) is 126 Å². The second kappa shape index (κ2) is 10.3. The van der Waals surface area contributed by atoms with E-state index in [2.05, 4.69) is 15.3 Å². The molecule has 0 unspecified atom stereocenters. The molecule has 0 aliphatic rings. The molecule has 0 atom stereocenters. The maximum absolute atomic E-state index is 12.2. The molecule has 2 heterocycles. The Balaban J connectivity index is 1.35. The highest BCUT2D eigenvalue weighted by atomic mass is 35.5. The maximum atomic E-state index is 12.2. The van der Waals surface area contributed by atoms with Crippen molar-refractivity contribution in [1.82, 2.24) is 20.0 Å². The molecule has 11 heteroatoms. The van der Waals surface area contributed by atoms with Gasteiger partial charge in [0.25, 0.3) is 11.6 Å². The summed E-state index contributed by atoms with van der Waals surface area (Å²) in [6.07, 6.45) is 2.80. The molecule has 0 saturated carbocycles. The van der Waals surface area contributed by atoms with Crippen LogP contribution in [0.25, 0.3) is 17.5 Å². The molecule has 10 nitrogen and oxygen atoms in total. The predicted molar refractivity (Wildman–Crippen MR) is 127 cm³/mol. The quantitative estimate of drug-likeness (QED) is 0.146. The van der Waals surface area contributed by atoms with Crippen LogP contribution in [-0.2, 0) is 22.7 Å². The van der Waals surface area contributed by atoms with E-state index in [1.807, 2.05) is 31.2 Å². The van der Waals surface area contributed by atoms with Crippen molar-refractivity contribution in [3.8, 4) is 11.5 Å². The van der Waals surface area contributed by atoms with Crippen LogP contribution in [-0.4, -0.2) is 30.9 Å². The number of nitro benzene ring substituents is 1. The Morgan fingerprint density at radius 2 is 1.86 bits per heavy atom. The third-order valence-electron chi connectivity index (χ3n) is 5.08. The zero-order chi connectivity index (χ0) is 24.9. The average molecular weight is 494 g/mol. The fraction of sp³-hybridized carbons (Fsp3) is 0.167. The minimum Gasteiger partial charge on any atom is -0.452 e. The first kappa shape index (κ1) is 23.8. The summed E-state index contributed by atoms with van der Waals surface area (Å²) in [5.41, 5.74) is 3.98. The van der Waals surface area contributed by atoms with Crippen molar-refractivity contribution in [2.24, 2.45) is 0 Å². The number of esters is 1. The maximum Gasteiger partial charge on any atom is 0.331 e. The summed E-state index contributed by atoms with van der Waals surface area (Å²) in [4.78, 5) is 22.4. The van der Waals surface area contributed by atoms with Crippen molar-refractivity contribution < 1.29 is 18.9 Å². The van der Waals surface area contributed by atoms with Crippen LogP contribution in [0.2, 0.25) is 5.15 Å². The molecule has 0 bridgehead atoms. The van der Waals surface area contributed by atoms with Gasteiger partial charge in [0, 0.05) is 29.3 Å². The van der Waals surface area contributed by atoms with Crippen LogP contribution in [0.5, 0.6) is 0 Å². The monoisotopic (exact) mass is 493 g/mol. The van der Waals surface area contributed by atoms with Gasteiger partial charge < -0.3 is 9.15 Å². The number of non-ortho nitro benzene ring substituents is 1. The first-order valence-corrected chi connectivity index (χ1v) is 10.9. The van der Waals surface area contributed by atoms with Crippen molar-refractivity contribution in [3.05, 3.63) is 98.1 Å².